The summed E-state index contributed by atoms with van der Waals surface area (Å²) < 4.78 is 4.62. The summed E-state index contributed by atoms with van der Waals surface area (Å²) >= 11 is 0. The molecule has 54 valence electrons. The third-order valence-electron chi connectivity index (χ3n) is 1.65. The van der Waals surface area contributed by atoms with Crippen molar-refractivity contribution in [1.82, 2.24) is 0 Å². The summed E-state index contributed by atoms with van der Waals surface area (Å²) in [4.78, 5) is 10.9. The fourth-order valence-corrected chi connectivity index (χ4v) is 1.02. The first-order valence-electron chi connectivity index (χ1n) is 3.26. The van der Waals surface area contributed by atoms with Gasteiger partial charge < -0.3 is 9.68 Å². The zero-order valence-electron chi connectivity index (χ0n) is 5.65. The number of rotatable bonds is 0. The van der Waals surface area contributed by atoms with Crippen molar-refractivity contribution in [2.45, 2.75) is 0 Å². The van der Waals surface area contributed by atoms with Crippen LogP contribution < -0.4 is 5.46 Å². The Balaban J connectivity index is 2.57. The third-order valence-corrected chi connectivity index (χ3v) is 1.65. The van der Waals surface area contributed by atoms with Crippen LogP contribution in [0.2, 0.25) is 0 Å². The highest BCUT2D eigenvalue weighted by molar-refractivity contribution is 6.62. The van der Waals surface area contributed by atoms with Gasteiger partial charge in [0.25, 0.3) is 0 Å². The molecule has 2 bridgehead atoms. The van der Waals surface area contributed by atoms with Crippen molar-refractivity contribution in [2.75, 3.05) is 0 Å². The molecule has 3 nitrogen and oxygen atoms in total. The van der Waals surface area contributed by atoms with E-state index in [1.807, 2.05) is 0 Å². The average molecular weight is 148 g/mol. The fourth-order valence-electron chi connectivity index (χ4n) is 1.02. The maximum atomic E-state index is 10.9. The maximum Gasteiger partial charge on any atom is 0.562 e. The van der Waals surface area contributed by atoms with Crippen molar-refractivity contribution in [2.24, 2.45) is 0 Å². The van der Waals surface area contributed by atoms with Crippen molar-refractivity contribution in [3.05, 3.63) is 29.8 Å². The van der Waals surface area contributed by atoms with E-state index in [4.69, 9.17) is 5.02 Å². The summed E-state index contributed by atoms with van der Waals surface area (Å²) in [5, 5.41) is 9.15. The molecule has 0 unspecified atom stereocenters. The smallest absolute Gasteiger partial charge is 0.502 e. The van der Waals surface area contributed by atoms with Crippen LogP contribution >= 0.6 is 0 Å². The van der Waals surface area contributed by atoms with Crippen LogP contribution in [0.25, 0.3) is 0 Å². The lowest BCUT2D eigenvalue weighted by molar-refractivity contribution is 0.0711. The number of hydrogen-bond donors (Lipinski definition) is 1. The number of carbonyl (C=O) groups excluding carboxylic acids is 1. The summed E-state index contributed by atoms with van der Waals surface area (Å²) in [6, 6.07) is 6.61. The molecule has 0 amide bonds. The molecule has 1 N–H and O–H groups in total. The number of benzene rings is 1. The van der Waals surface area contributed by atoms with Gasteiger partial charge in [-0.25, -0.2) is 4.79 Å². The predicted molar refractivity (Wildman–Crippen MR) is 39.5 cm³/mol. The molecule has 2 aliphatic rings. The summed E-state index contributed by atoms with van der Waals surface area (Å²) in [5.41, 5.74) is 1.09. The summed E-state index contributed by atoms with van der Waals surface area (Å²) in [5.74, 6) is -0.475. The second-order valence-electron chi connectivity index (χ2n) is 2.38. The van der Waals surface area contributed by atoms with Crippen LogP contribution in [0.4, 0.5) is 0 Å². The molecule has 0 aromatic heterocycles. The van der Waals surface area contributed by atoms with Crippen molar-refractivity contribution >= 4 is 18.6 Å². The Morgan fingerprint density at radius 1 is 1.27 bits per heavy atom. The van der Waals surface area contributed by atoms with E-state index >= 15 is 0 Å². The monoisotopic (exact) mass is 148 g/mol. The first-order chi connectivity index (χ1) is 5.27. The van der Waals surface area contributed by atoms with E-state index in [0.717, 1.165) is 0 Å². The van der Waals surface area contributed by atoms with Gasteiger partial charge in [0.15, 0.2) is 0 Å². The van der Waals surface area contributed by atoms with Gasteiger partial charge in [0.1, 0.15) is 0 Å². The van der Waals surface area contributed by atoms with Gasteiger partial charge in [-0.15, -0.1) is 0 Å². The quantitative estimate of drug-likeness (QED) is 0.506. The Hall–Kier alpha value is -1.29. The molecule has 0 atom stereocenters. The summed E-state index contributed by atoms with van der Waals surface area (Å²) in [7, 11) is -1.10. The van der Waals surface area contributed by atoms with Gasteiger partial charge in [-0.1, -0.05) is 12.1 Å². The van der Waals surface area contributed by atoms with Crippen LogP contribution in [-0.2, 0) is 4.65 Å². The van der Waals surface area contributed by atoms with Crippen LogP contribution in [0.3, 0.4) is 0 Å². The molecular formula is C7H5BO3. The standard InChI is InChI=1S/C7H5BO3/c9-7-5-1-3-6(4-2-5)8(10)11-7/h1-4,10H. The second-order valence-corrected chi connectivity index (χ2v) is 2.38. The van der Waals surface area contributed by atoms with E-state index in [9.17, 15) is 4.79 Å². The minimum Gasteiger partial charge on any atom is -0.502 e. The van der Waals surface area contributed by atoms with E-state index in [2.05, 4.69) is 4.65 Å². The Morgan fingerprint density at radius 3 is 2.55 bits per heavy atom. The highest BCUT2D eigenvalue weighted by Crippen LogP contribution is 2.05. The van der Waals surface area contributed by atoms with Crippen LogP contribution in [-0.4, -0.2) is 18.1 Å². The van der Waals surface area contributed by atoms with E-state index in [-0.39, 0.29) is 0 Å². The van der Waals surface area contributed by atoms with Crippen LogP contribution in [0.15, 0.2) is 24.3 Å². The lowest BCUT2D eigenvalue weighted by atomic mass is 9.80. The van der Waals surface area contributed by atoms with Crippen LogP contribution in [0.5, 0.6) is 0 Å². The molecule has 11 heavy (non-hydrogen) atoms. The zero-order chi connectivity index (χ0) is 7.84. The Labute approximate surface area is 63.8 Å². The molecule has 0 saturated heterocycles. The van der Waals surface area contributed by atoms with E-state index in [1.54, 1.807) is 24.3 Å². The Kier molecular flexibility index (Phi) is 1.23. The van der Waals surface area contributed by atoms with Gasteiger partial charge in [-0.3, -0.25) is 0 Å². The summed E-state index contributed by atoms with van der Waals surface area (Å²) in [6.07, 6.45) is 0. The predicted octanol–water partition coefficient (Wildman–Crippen LogP) is -0.456. The summed E-state index contributed by atoms with van der Waals surface area (Å²) in [6.45, 7) is 0. The maximum absolute atomic E-state index is 10.9. The largest absolute Gasteiger partial charge is 0.562 e. The lowest BCUT2D eigenvalue weighted by Gasteiger charge is -2.00. The first-order valence-corrected chi connectivity index (χ1v) is 3.26. The Morgan fingerprint density at radius 2 is 1.91 bits per heavy atom. The van der Waals surface area contributed by atoms with Gasteiger partial charge in [0, 0.05) is 0 Å². The van der Waals surface area contributed by atoms with Gasteiger partial charge >= 0.3 is 13.1 Å². The van der Waals surface area contributed by atoms with Gasteiger partial charge in [-0.2, -0.15) is 0 Å². The molecule has 0 spiro atoms. The second kappa shape index (κ2) is 2.10. The number of fused-ring (bicyclic) bond motifs is 4. The molecule has 0 fully saturated rings. The minimum atomic E-state index is -1.10. The molecule has 2 heterocycles. The Bertz CT molecular complexity index is 293. The molecule has 3 rings (SSSR count). The van der Waals surface area contributed by atoms with Gasteiger partial charge in [-0.05, 0) is 17.6 Å². The van der Waals surface area contributed by atoms with E-state index in [1.165, 1.54) is 0 Å². The van der Waals surface area contributed by atoms with Crippen molar-refractivity contribution in [3.8, 4) is 0 Å². The van der Waals surface area contributed by atoms with Crippen LogP contribution in [0, 0.1) is 0 Å². The zero-order valence-corrected chi connectivity index (χ0v) is 5.65. The topological polar surface area (TPSA) is 46.5 Å². The molecule has 1 aromatic carbocycles. The SMILES string of the molecule is O=C1OB(O)c2ccc1cc2. The van der Waals surface area contributed by atoms with Gasteiger partial charge in [0.2, 0.25) is 0 Å². The highest BCUT2D eigenvalue weighted by Gasteiger charge is 2.26. The van der Waals surface area contributed by atoms with E-state index in [0.29, 0.717) is 11.0 Å². The normalized spacial score (nSPS) is 14.6. The highest BCUT2D eigenvalue weighted by atomic mass is 16.6. The fraction of sp³-hybridized carbons (Fsp3) is 0. The first kappa shape index (κ1) is 6.43. The molecule has 0 saturated carbocycles. The average Bonchev–Trinajstić information content (AvgIpc) is 2.22. The molecular weight excluding hydrogens is 143 g/mol. The van der Waals surface area contributed by atoms with Crippen LogP contribution in [0.1, 0.15) is 10.4 Å². The number of hydrogen-bond acceptors (Lipinski definition) is 3. The number of carbonyl (C=O) groups is 1. The molecule has 0 aliphatic carbocycles. The van der Waals surface area contributed by atoms with E-state index < -0.39 is 13.1 Å². The molecule has 4 heteroatoms. The van der Waals surface area contributed by atoms with Crippen molar-refractivity contribution in [1.29, 1.82) is 0 Å². The van der Waals surface area contributed by atoms with Crippen molar-refractivity contribution in [3.63, 3.8) is 0 Å². The molecule has 2 aliphatic heterocycles. The van der Waals surface area contributed by atoms with Gasteiger partial charge in [0.05, 0.1) is 5.56 Å². The molecule has 0 radical (unpaired) electrons. The minimum absolute atomic E-state index is 0.475. The molecule has 1 aromatic rings. The lowest BCUT2D eigenvalue weighted by Crippen LogP contribution is -2.32. The van der Waals surface area contributed by atoms with Crippen molar-refractivity contribution < 1.29 is 14.5 Å². The third kappa shape index (κ3) is 0.916.